The van der Waals surface area contributed by atoms with Crippen LogP contribution in [-0.4, -0.2) is 38.2 Å². The van der Waals surface area contributed by atoms with E-state index in [0.29, 0.717) is 13.0 Å². The van der Waals surface area contributed by atoms with E-state index in [1.54, 1.807) is 0 Å². The molecule has 0 spiro atoms. The first-order valence-corrected chi connectivity index (χ1v) is 8.35. The number of hydrogen-bond donors (Lipinski definition) is 1. The molecule has 1 fully saturated rings. The van der Waals surface area contributed by atoms with Crippen LogP contribution >= 0.6 is 0 Å². The van der Waals surface area contributed by atoms with Gasteiger partial charge >= 0.3 is 0 Å². The number of carbonyl (C=O) groups is 2. The van der Waals surface area contributed by atoms with E-state index in [-0.39, 0.29) is 23.8 Å². The number of carbonyl (C=O) groups excluding carboxylic acids is 2. The lowest BCUT2D eigenvalue weighted by Gasteiger charge is -2.15. The molecular formula is C14H14FN3O4S. The molecule has 122 valence electrons. The second kappa shape index (κ2) is 6.75. The number of nitriles is 1. The normalized spacial score (nSPS) is 14.6. The topological polar surface area (TPSA) is 107 Å². The first-order valence-electron chi connectivity index (χ1n) is 6.86. The third kappa shape index (κ3) is 4.04. The molecule has 0 atom stereocenters. The van der Waals surface area contributed by atoms with Gasteiger partial charge in [-0.3, -0.25) is 9.59 Å². The zero-order chi connectivity index (χ0) is 17.0. The average Bonchev–Trinajstić information content (AvgIpc) is 2.90. The molecule has 2 rings (SSSR count). The van der Waals surface area contributed by atoms with Gasteiger partial charge in [0.05, 0.1) is 10.5 Å². The first kappa shape index (κ1) is 16.9. The molecule has 0 aromatic heterocycles. The summed E-state index contributed by atoms with van der Waals surface area (Å²) in [5.74, 6) is -1.67. The van der Waals surface area contributed by atoms with Gasteiger partial charge in [-0.25, -0.2) is 17.5 Å². The van der Waals surface area contributed by atoms with Crippen LogP contribution in [0.5, 0.6) is 0 Å². The molecule has 1 N–H and O–H groups in total. The van der Waals surface area contributed by atoms with E-state index in [1.807, 2.05) is 4.72 Å². The molecule has 1 aliphatic heterocycles. The Hall–Kier alpha value is -2.47. The van der Waals surface area contributed by atoms with Crippen molar-refractivity contribution in [3.05, 3.63) is 29.6 Å². The molecule has 0 bridgehead atoms. The highest BCUT2D eigenvalue weighted by molar-refractivity contribution is 7.90. The summed E-state index contributed by atoms with van der Waals surface area (Å²) in [7, 11) is -4.19. The van der Waals surface area contributed by atoms with E-state index in [4.69, 9.17) is 5.26 Å². The second-order valence-corrected chi connectivity index (χ2v) is 6.70. The summed E-state index contributed by atoms with van der Waals surface area (Å²) >= 11 is 0. The molecule has 7 nitrogen and oxygen atoms in total. The SMILES string of the molecule is N#Cc1cc(S(=O)(=O)NC(=O)CCN2CCCC2=O)ccc1F. The number of likely N-dealkylation sites (tertiary alicyclic amines) is 1. The Morgan fingerprint density at radius 1 is 1.43 bits per heavy atom. The number of amides is 2. The van der Waals surface area contributed by atoms with E-state index >= 15 is 0 Å². The van der Waals surface area contributed by atoms with Crippen LogP contribution in [0.3, 0.4) is 0 Å². The lowest BCUT2D eigenvalue weighted by atomic mass is 10.2. The van der Waals surface area contributed by atoms with Gasteiger partial charge < -0.3 is 4.90 Å². The van der Waals surface area contributed by atoms with E-state index < -0.39 is 27.3 Å². The molecule has 2 amide bonds. The molecule has 0 radical (unpaired) electrons. The van der Waals surface area contributed by atoms with Crippen LogP contribution in [0.15, 0.2) is 23.1 Å². The molecule has 0 saturated carbocycles. The van der Waals surface area contributed by atoms with Crippen molar-refractivity contribution >= 4 is 21.8 Å². The van der Waals surface area contributed by atoms with Crippen molar-refractivity contribution < 1.29 is 22.4 Å². The molecule has 1 saturated heterocycles. The molecule has 1 heterocycles. The van der Waals surface area contributed by atoms with Crippen LogP contribution in [0.1, 0.15) is 24.8 Å². The van der Waals surface area contributed by atoms with Crippen LogP contribution in [0.2, 0.25) is 0 Å². The average molecular weight is 339 g/mol. The third-order valence-corrected chi connectivity index (χ3v) is 4.77. The largest absolute Gasteiger partial charge is 0.342 e. The summed E-state index contributed by atoms with van der Waals surface area (Å²) in [4.78, 5) is 24.3. The van der Waals surface area contributed by atoms with Crippen molar-refractivity contribution in [3.8, 4) is 6.07 Å². The highest BCUT2D eigenvalue weighted by Gasteiger charge is 2.23. The molecule has 9 heteroatoms. The number of halogens is 1. The van der Waals surface area contributed by atoms with Crippen LogP contribution in [0.4, 0.5) is 4.39 Å². The molecule has 1 aromatic rings. The summed E-state index contributed by atoms with van der Waals surface area (Å²) in [5.41, 5.74) is -0.428. The fourth-order valence-electron chi connectivity index (χ4n) is 2.19. The fourth-order valence-corrected chi connectivity index (χ4v) is 3.23. The maximum absolute atomic E-state index is 13.2. The van der Waals surface area contributed by atoms with Crippen LogP contribution < -0.4 is 4.72 Å². The van der Waals surface area contributed by atoms with Crippen molar-refractivity contribution in [2.45, 2.75) is 24.2 Å². The van der Waals surface area contributed by atoms with Gasteiger partial charge in [0.2, 0.25) is 11.8 Å². The van der Waals surface area contributed by atoms with Crippen molar-refractivity contribution in [1.82, 2.24) is 9.62 Å². The maximum atomic E-state index is 13.2. The molecule has 1 aromatic carbocycles. The monoisotopic (exact) mass is 339 g/mol. The number of hydrogen-bond acceptors (Lipinski definition) is 5. The highest BCUT2D eigenvalue weighted by Crippen LogP contribution is 2.15. The number of sulfonamides is 1. The summed E-state index contributed by atoms with van der Waals surface area (Å²) in [6.45, 7) is 0.704. The fraction of sp³-hybridized carbons (Fsp3) is 0.357. The Morgan fingerprint density at radius 2 is 2.17 bits per heavy atom. The predicted octanol–water partition coefficient (Wildman–Crippen LogP) is 0.515. The van der Waals surface area contributed by atoms with Crippen molar-refractivity contribution in [2.75, 3.05) is 13.1 Å². The quantitative estimate of drug-likeness (QED) is 0.841. The smallest absolute Gasteiger partial charge is 0.264 e. The van der Waals surface area contributed by atoms with E-state index in [9.17, 15) is 22.4 Å². The van der Waals surface area contributed by atoms with E-state index in [0.717, 1.165) is 24.6 Å². The van der Waals surface area contributed by atoms with E-state index in [1.165, 1.54) is 11.0 Å². The molecule has 0 aliphatic carbocycles. The Kier molecular flexibility index (Phi) is 4.95. The lowest BCUT2D eigenvalue weighted by molar-refractivity contribution is -0.128. The maximum Gasteiger partial charge on any atom is 0.264 e. The minimum absolute atomic E-state index is 0.0575. The molecule has 1 aliphatic rings. The van der Waals surface area contributed by atoms with Gasteiger partial charge in [-0.15, -0.1) is 0 Å². The zero-order valence-corrected chi connectivity index (χ0v) is 12.9. The Morgan fingerprint density at radius 3 is 2.78 bits per heavy atom. The third-order valence-electron chi connectivity index (χ3n) is 3.40. The summed E-state index contributed by atoms with van der Waals surface area (Å²) in [5, 5.41) is 8.71. The molecule has 0 unspecified atom stereocenters. The number of benzene rings is 1. The van der Waals surface area contributed by atoms with Gasteiger partial charge in [0, 0.05) is 25.9 Å². The van der Waals surface area contributed by atoms with Gasteiger partial charge in [0.25, 0.3) is 10.0 Å². The van der Waals surface area contributed by atoms with Crippen molar-refractivity contribution in [1.29, 1.82) is 5.26 Å². The Bertz CT molecular complexity index is 786. The number of nitrogens with one attached hydrogen (secondary N) is 1. The minimum atomic E-state index is -4.19. The Labute approximate surface area is 132 Å². The summed E-state index contributed by atoms with van der Waals surface area (Å²) in [6, 6.07) is 4.20. The van der Waals surface area contributed by atoms with Crippen LogP contribution in [0, 0.1) is 17.1 Å². The van der Waals surface area contributed by atoms with Gasteiger partial charge in [-0.05, 0) is 24.6 Å². The van der Waals surface area contributed by atoms with Gasteiger partial charge in [0.1, 0.15) is 11.9 Å². The van der Waals surface area contributed by atoms with Crippen molar-refractivity contribution in [2.24, 2.45) is 0 Å². The molecular weight excluding hydrogens is 325 g/mol. The van der Waals surface area contributed by atoms with Gasteiger partial charge in [0.15, 0.2) is 0 Å². The highest BCUT2D eigenvalue weighted by atomic mass is 32.2. The number of rotatable bonds is 5. The Balaban J connectivity index is 2.01. The second-order valence-electron chi connectivity index (χ2n) is 5.02. The van der Waals surface area contributed by atoms with Crippen LogP contribution in [0.25, 0.3) is 0 Å². The minimum Gasteiger partial charge on any atom is -0.342 e. The van der Waals surface area contributed by atoms with Crippen molar-refractivity contribution in [3.63, 3.8) is 0 Å². The zero-order valence-electron chi connectivity index (χ0n) is 12.1. The summed E-state index contributed by atoms with van der Waals surface area (Å²) < 4.78 is 39.1. The number of nitrogens with zero attached hydrogens (tertiary/aromatic N) is 2. The molecule has 23 heavy (non-hydrogen) atoms. The van der Waals surface area contributed by atoms with Gasteiger partial charge in [-0.1, -0.05) is 0 Å². The summed E-state index contributed by atoms with van der Waals surface area (Å²) in [6.07, 6.45) is 1.01. The standard InChI is InChI=1S/C14H14FN3O4S/c15-12-4-3-11(8-10(12)9-16)23(21,22)17-13(19)5-7-18-6-1-2-14(18)20/h3-4,8H,1-2,5-7H2,(H,17,19). The van der Waals surface area contributed by atoms with Crippen LogP contribution in [-0.2, 0) is 19.6 Å². The lowest BCUT2D eigenvalue weighted by Crippen LogP contribution is -2.34. The van der Waals surface area contributed by atoms with Gasteiger partial charge in [-0.2, -0.15) is 5.26 Å². The predicted molar refractivity (Wildman–Crippen MR) is 76.9 cm³/mol. The first-order chi connectivity index (χ1) is 10.8. The van der Waals surface area contributed by atoms with E-state index in [2.05, 4.69) is 0 Å².